The fourth-order valence-electron chi connectivity index (χ4n) is 9.58. The van der Waals surface area contributed by atoms with Gasteiger partial charge in [-0.05, 0) is 122 Å². The molecule has 3 saturated carbocycles. The number of nitrogens with two attached hydrogens (primary N) is 2. The van der Waals surface area contributed by atoms with E-state index in [9.17, 15) is 29.1 Å². The number of hydrogen-bond donors (Lipinski definition) is 9. The molecule has 5 amide bonds. The Kier molecular flexibility index (Phi) is 19.1. The van der Waals surface area contributed by atoms with Crippen LogP contribution in [0, 0.1) is 17.3 Å². The number of rotatable bonds is 25. The third kappa shape index (κ3) is 12.8. The van der Waals surface area contributed by atoms with Gasteiger partial charge in [0.05, 0.1) is 29.8 Å². The molecule has 60 heavy (non-hydrogen) atoms. The zero-order valence-corrected chi connectivity index (χ0v) is 37.5. The SMILES string of the molecule is CCCCCCN1CCNC(C(=O)NC(CCCCN)C(=O)NC(C(=O)NC(C)C(=O)NC(CCCCN)C(=O)NC(C)B2OC3CC4CC(C4(C)C)C3(C)O2)C(C)O)C1. The van der Waals surface area contributed by atoms with Crippen molar-refractivity contribution >= 4 is 36.7 Å². The Morgan fingerprint density at radius 3 is 2.08 bits per heavy atom. The van der Waals surface area contributed by atoms with Crippen molar-refractivity contribution in [1.82, 2.24) is 36.8 Å². The van der Waals surface area contributed by atoms with Crippen LogP contribution < -0.4 is 43.4 Å². The maximum Gasteiger partial charge on any atom is 0.481 e. The average molecular weight is 848 g/mol. The van der Waals surface area contributed by atoms with Crippen molar-refractivity contribution in [2.24, 2.45) is 28.7 Å². The summed E-state index contributed by atoms with van der Waals surface area (Å²) in [4.78, 5) is 70.2. The molecule has 2 saturated heterocycles. The van der Waals surface area contributed by atoms with Crippen LogP contribution in [0.5, 0.6) is 0 Å². The van der Waals surface area contributed by atoms with Gasteiger partial charge < -0.3 is 57.8 Å². The lowest BCUT2D eigenvalue weighted by molar-refractivity contribution is -0.199. The van der Waals surface area contributed by atoms with Gasteiger partial charge in [0.1, 0.15) is 24.2 Å². The second kappa shape index (κ2) is 23.0. The molecular formula is C42H78BN9O8. The molecule has 0 aromatic rings. The van der Waals surface area contributed by atoms with Crippen LogP contribution in [-0.4, -0.2) is 140 Å². The summed E-state index contributed by atoms with van der Waals surface area (Å²) in [7, 11) is -0.640. The highest BCUT2D eigenvalue weighted by molar-refractivity contribution is 6.47. The molecule has 5 rings (SSSR count). The summed E-state index contributed by atoms with van der Waals surface area (Å²) in [6.45, 7) is 17.2. The van der Waals surface area contributed by atoms with E-state index in [1.807, 2.05) is 6.92 Å². The van der Waals surface area contributed by atoms with Gasteiger partial charge in [-0.15, -0.1) is 0 Å². The van der Waals surface area contributed by atoms with Crippen molar-refractivity contribution in [3.8, 4) is 0 Å². The van der Waals surface area contributed by atoms with Crippen LogP contribution in [0.4, 0.5) is 0 Å². The largest absolute Gasteiger partial charge is 0.481 e. The highest BCUT2D eigenvalue weighted by atomic mass is 16.7. The van der Waals surface area contributed by atoms with E-state index in [0.29, 0.717) is 70.1 Å². The number of carbonyl (C=O) groups is 5. The molecule has 11 atom stereocenters. The highest BCUT2D eigenvalue weighted by Crippen LogP contribution is 2.65. The first-order valence-electron chi connectivity index (χ1n) is 22.9. The molecule has 342 valence electrons. The predicted molar refractivity (Wildman–Crippen MR) is 231 cm³/mol. The van der Waals surface area contributed by atoms with Crippen molar-refractivity contribution in [3.05, 3.63) is 0 Å². The Morgan fingerprint density at radius 1 is 0.817 bits per heavy atom. The van der Waals surface area contributed by atoms with Crippen LogP contribution in [-0.2, 0) is 33.3 Å². The highest BCUT2D eigenvalue weighted by Gasteiger charge is 2.68. The molecule has 3 aliphatic carbocycles. The number of nitrogens with one attached hydrogen (secondary N) is 6. The van der Waals surface area contributed by atoms with Gasteiger partial charge >= 0.3 is 7.12 Å². The third-order valence-corrected chi connectivity index (χ3v) is 13.6. The van der Waals surface area contributed by atoms with Crippen molar-refractivity contribution < 1.29 is 38.4 Å². The Bertz CT molecular complexity index is 1440. The quantitative estimate of drug-likeness (QED) is 0.0442. The van der Waals surface area contributed by atoms with Crippen molar-refractivity contribution in [3.63, 3.8) is 0 Å². The summed E-state index contributed by atoms with van der Waals surface area (Å²) in [5, 5.41) is 27.8. The summed E-state index contributed by atoms with van der Waals surface area (Å²) in [6.07, 6.45) is 8.15. The van der Waals surface area contributed by atoms with Gasteiger partial charge in [-0.2, -0.15) is 0 Å². The number of hydrogen-bond acceptors (Lipinski definition) is 12. The predicted octanol–water partition coefficient (Wildman–Crippen LogP) is 0.211. The lowest BCUT2D eigenvalue weighted by atomic mass is 9.43. The molecule has 0 aromatic carbocycles. The average Bonchev–Trinajstić information content (AvgIpc) is 3.58. The normalized spacial score (nSPS) is 27.5. The smallest absolute Gasteiger partial charge is 0.404 e. The summed E-state index contributed by atoms with van der Waals surface area (Å²) >= 11 is 0. The van der Waals surface area contributed by atoms with E-state index in [1.165, 1.54) is 20.3 Å². The van der Waals surface area contributed by atoms with Gasteiger partial charge in [-0.1, -0.05) is 40.0 Å². The minimum atomic E-state index is -1.44. The maximum absolute atomic E-state index is 13.7. The van der Waals surface area contributed by atoms with E-state index in [4.69, 9.17) is 20.8 Å². The minimum Gasteiger partial charge on any atom is -0.404 e. The Hall–Kier alpha value is -2.87. The summed E-state index contributed by atoms with van der Waals surface area (Å²) in [5.74, 6) is -2.35. The lowest BCUT2D eigenvalue weighted by Gasteiger charge is -2.64. The van der Waals surface area contributed by atoms with E-state index in [0.717, 1.165) is 45.2 Å². The Balaban J connectivity index is 1.33. The van der Waals surface area contributed by atoms with Gasteiger partial charge in [0.2, 0.25) is 29.5 Å². The van der Waals surface area contributed by atoms with Crippen molar-refractivity contribution in [1.29, 1.82) is 0 Å². The zero-order valence-electron chi connectivity index (χ0n) is 37.5. The van der Waals surface area contributed by atoms with E-state index < -0.39 is 78.6 Å². The number of carbonyl (C=O) groups excluding carboxylic acids is 5. The summed E-state index contributed by atoms with van der Waals surface area (Å²) in [6, 6.07) is -5.01. The standard InChI is InChI=1S/C42H78BN9O8/c1-8-9-10-15-21-52-22-20-46-32(25-52)39(57)50-31(17-12-14-19-45)38(56)51-35(27(3)53)40(58)47-26(2)36(54)49-30(16-11-13-18-44)37(55)48-28(4)43-59-34-24-29-23-33(41(29,5)6)42(34,7)60-43/h26-35,46,53H,8-25,44-45H2,1-7H3,(H,47,58)(H,48,55)(H,49,54)(H,50,57)(H,51,56). The second-order valence-corrected chi connectivity index (χ2v) is 18.7. The molecule has 11 N–H and O–H groups in total. The molecule has 11 unspecified atom stereocenters. The molecule has 0 spiro atoms. The van der Waals surface area contributed by atoms with Crippen LogP contribution in [0.15, 0.2) is 0 Å². The summed E-state index contributed by atoms with van der Waals surface area (Å²) < 4.78 is 12.9. The van der Waals surface area contributed by atoms with E-state index in [-0.39, 0.29) is 23.8 Å². The topological polar surface area (TPSA) is 251 Å². The molecule has 0 radical (unpaired) electrons. The van der Waals surface area contributed by atoms with Gasteiger partial charge in [0, 0.05) is 19.6 Å². The maximum atomic E-state index is 13.7. The van der Waals surface area contributed by atoms with Crippen molar-refractivity contribution in [2.45, 2.75) is 179 Å². The lowest BCUT2D eigenvalue weighted by Crippen LogP contribution is -2.65. The van der Waals surface area contributed by atoms with E-state index >= 15 is 0 Å². The van der Waals surface area contributed by atoms with Gasteiger partial charge in [-0.25, -0.2) is 0 Å². The van der Waals surface area contributed by atoms with Crippen molar-refractivity contribution in [2.75, 3.05) is 39.3 Å². The number of nitrogens with zero attached hydrogens (tertiary/aromatic N) is 1. The van der Waals surface area contributed by atoms with Gasteiger partial charge in [0.15, 0.2) is 0 Å². The first-order valence-corrected chi connectivity index (χ1v) is 22.9. The molecule has 2 bridgehead atoms. The van der Waals surface area contributed by atoms with Gasteiger partial charge in [-0.3, -0.25) is 28.9 Å². The number of aliphatic hydroxyl groups excluding tert-OH is 1. The molecule has 17 nitrogen and oxygen atoms in total. The van der Waals surface area contributed by atoms with Crippen LogP contribution in [0.2, 0.25) is 0 Å². The molecule has 5 fully saturated rings. The van der Waals surface area contributed by atoms with Crippen LogP contribution in [0.25, 0.3) is 0 Å². The molecule has 0 aromatic heterocycles. The van der Waals surface area contributed by atoms with E-state index in [2.05, 4.69) is 64.5 Å². The fourth-order valence-corrected chi connectivity index (χ4v) is 9.58. The second-order valence-electron chi connectivity index (χ2n) is 18.7. The number of amides is 5. The number of piperazine rings is 1. The number of unbranched alkanes of at least 4 members (excludes halogenated alkanes) is 5. The fraction of sp³-hybridized carbons (Fsp3) is 0.881. The Labute approximate surface area is 358 Å². The van der Waals surface area contributed by atoms with E-state index in [1.54, 1.807) is 0 Å². The number of aliphatic hydroxyl groups is 1. The van der Waals surface area contributed by atoms with Crippen LogP contribution >= 0.6 is 0 Å². The summed E-state index contributed by atoms with van der Waals surface area (Å²) in [5.41, 5.74) is 11.2. The third-order valence-electron chi connectivity index (χ3n) is 13.6. The molecule has 5 aliphatic rings. The van der Waals surface area contributed by atoms with Crippen LogP contribution in [0.1, 0.15) is 126 Å². The first-order chi connectivity index (χ1) is 28.5. The monoisotopic (exact) mass is 848 g/mol. The minimum absolute atomic E-state index is 0.0470. The molecule has 2 heterocycles. The zero-order chi connectivity index (χ0) is 44.2. The Morgan fingerprint density at radius 2 is 1.47 bits per heavy atom. The molecule has 2 aliphatic heterocycles. The first kappa shape index (κ1) is 49.8. The van der Waals surface area contributed by atoms with Gasteiger partial charge in [0.25, 0.3) is 0 Å². The van der Waals surface area contributed by atoms with Crippen LogP contribution in [0.3, 0.4) is 0 Å². The molecular weight excluding hydrogens is 769 g/mol. The molecule has 18 heteroatoms.